The number of aliphatic carboxylic acids is 1. The van der Waals surface area contributed by atoms with Crippen LogP contribution in [0.4, 0.5) is 0 Å². The lowest BCUT2D eigenvalue weighted by molar-refractivity contribution is -0.149. The Morgan fingerprint density at radius 3 is 2.68 bits per heavy atom. The number of nitrogens with zero attached hydrogens (tertiary/aromatic N) is 1. The molecule has 3 rings (SSSR count). The van der Waals surface area contributed by atoms with Gasteiger partial charge in [-0.2, -0.15) is 0 Å². The first-order chi connectivity index (χ1) is 9.21. The Bertz CT molecular complexity index is 338. The van der Waals surface area contributed by atoms with Crippen molar-refractivity contribution in [1.29, 1.82) is 0 Å². The van der Waals surface area contributed by atoms with Crippen molar-refractivity contribution in [1.82, 2.24) is 4.90 Å². The van der Waals surface area contributed by atoms with Crippen molar-refractivity contribution in [2.24, 2.45) is 17.3 Å². The average Bonchev–Trinajstić information content (AvgIpc) is 3.02. The Hall–Kier alpha value is -0.570. The van der Waals surface area contributed by atoms with E-state index in [1.54, 1.807) is 0 Å². The van der Waals surface area contributed by atoms with E-state index < -0.39 is 5.97 Å². The quantitative estimate of drug-likeness (QED) is 0.830. The van der Waals surface area contributed by atoms with Crippen LogP contribution in [0.25, 0.3) is 0 Å². The van der Waals surface area contributed by atoms with E-state index in [9.17, 15) is 9.90 Å². The predicted octanol–water partition coefficient (Wildman–Crippen LogP) is 3.14. The fourth-order valence-electron chi connectivity index (χ4n) is 4.82. The smallest absolute Gasteiger partial charge is 0.311 e. The monoisotopic (exact) mass is 265 g/mol. The molecule has 0 aromatic rings. The number of rotatable bonds is 5. The van der Waals surface area contributed by atoms with Gasteiger partial charge in [0.1, 0.15) is 0 Å². The first kappa shape index (κ1) is 13.4. The van der Waals surface area contributed by atoms with Gasteiger partial charge in [0.2, 0.25) is 0 Å². The second kappa shape index (κ2) is 5.43. The van der Waals surface area contributed by atoms with E-state index in [1.807, 2.05) is 0 Å². The summed E-state index contributed by atoms with van der Waals surface area (Å²) < 4.78 is 0. The third-order valence-corrected chi connectivity index (χ3v) is 5.93. The molecule has 0 bridgehead atoms. The molecule has 3 aliphatic rings. The van der Waals surface area contributed by atoms with Crippen LogP contribution in [0.2, 0.25) is 0 Å². The Kier molecular flexibility index (Phi) is 3.84. The first-order valence-corrected chi connectivity index (χ1v) is 8.16. The molecular weight excluding hydrogens is 238 g/mol. The summed E-state index contributed by atoms with van der Waals surface area (Å²) in [7, 11) is 0. The molecule has 3 fully saturated rings. The van der Waals surface area contributed by atoms with Crippen LogP contribution in [-0.4, -0.2) is 35.6 Å². The molecule has 108 valence electrons. The molecule has 0 amide bonds. The van der Waals surface area contributed by atoms with Crippen LogP contribution in [0.15, 0.2) is 0 Å². The molecular formula is C16H27NO2. The standard InChI is InChI=1S/C16H27NO2/c18-15(19)16-9-3-8-14(16)11-17(12-16)10-4-7-13-5-1-2-6-13/h13-14H,1-12H2,(H,18,19)/t14-,16+/m0/s1. The molecule has 3 heteroatoms. The van der Waals surface area contributed by atoms with E-state index in [0.717, 1.165) is 44.8 Å². The molecule has 2 saturated carbocycles. The Morgan fingerprint density at radius 2 is 2.00 bits per heavy atom. The third kappa shape index (κ3) is 2.54. The number of carboxylic acid groups (broad SMARTS) is 1. The highest BCUT2D eigenvalue weighted by Crippen LogP contribution is 2.48. The van der Waals surface area contributed by atoms with Crippen LogP contribution in [0.1, 0.15) is 57.8 Å². The SMILES string of the molecule is O=C(O)[C@@]12CCC[C@H]1CN(CCCC1CCCC1)C2. The lowest BCUT2D eigenvalue weighted by Crippen LogP contribution is -2.35. The lowest BCUT2D eigenvalue weighted by atomic mass is 9.81. The van der Waals surface area contributed by atoms with E-state index in [-0.39, 0.29) is 5.41 Å². The number of hydrogen-bond donors (Lipinski definition) is 1. The maximum Gasteiger partial charge on any atom is 0.311 e. The molecule has 19 heavy (non-hydrogen) atoms. The summed E-state index contributed by atoms with van der Waals surface area (Å²) in [5, 5.41) is 9.56. The van der Waals surface area contributed by atoms with Crippen molar-refractivity contribution in [2.45, 2.75) is 57.8 Å². The summed E-state index contributed by atoms with van der Waals surface area (Å²) in [6.07, 6.45) is 11.5. The molecule has 0 unspecified atom stereocenters. The first-order valence-electron chi connectivity index (χ1n) is 8.16. The molecule has 2 aliphatic carbocycles. The van der Waals surface area contributed by atoms with Gasteiger partial charge in [-0.25, -0.2) is 0 Å². The van der Waals surface area contributed by atoms with Crippen molar-refractivity contribution in [3.8, 4) is 0 Å². The van der Waals surface area contributed by atoms with Gasteiger partial charge in [-0.3, -0.25) is 4.79 Å². The zero-order valence-electron chi connectivity index (χ0n) is 11.9. The van der Waals surface area contributed by atoms with Crippen molar-refractivity contribution >= 4 is 5.97 Å². The second-order valence-electron chi connectivity index (χ2n) is 7.08. The lowest BCUT2D eigenvalue weighted by Gasteiger charge is -2.23. The van der Waals surface area contributed by atoms with Crippen LogP contribution in [0, 0.1) is 17.3 Å². The van der Waals surface area contributed by atoms with Crippen LogP contribution < -0.4 is 0 Å². The fourth-order valence-corrected chi connectivity index (χ4v) is 4.82. The van der Waals surface area contributed by atoms with Gasteiger partial charge in [0, 0.05) is 13.1 Å². The minimum absolute atomic E-state index is 0.382. The van der Waals surface area contributed by atoms with Gasteiger partial charge in [-0.1, -0.05) is 32.1 Å². The summed E-state index contributed by atoms with van der Waals surface area (Å²) in [5.41, 5.74) is -0.382. The number of fused-ring (bicyclic) bond motifs is 1. The van der Waals surface area contributed by atoms with Crippen molar-refractivity contribution < 1.29 is 9.90 Å². The summed E-state index contributed by atoms with van der Waals surface area (Å²) in [4.78, 5) is 14.0. The maximum absolute atomic E-state index is 11.6. The van der Waals surface area contributed by atoms with E-state index in [2.05, 4.69) is 4.90 Å². The number of carboxylic acids is 1. The molecule has 1 aliphatic heterocycles. The highest BCUT2D eigenvalue weighted by molar-refractivity contribution is 5.76. The molecule has 0 aromatic carbocycles. The Labute approximate surface area is 116 Å². The van der Waals surface area contributed by atoms with Crippen LogP contribution in [-0.2, 0) is 4.79 Å². The highest BCUT2D eigenvalue weighted by atomic mass is 16.4. The zero-order chi connectivity index (χ0) is 13.3. The predicted molar refractivity (Wildman–Crippen MR) is 75.0 cm³/mol. The number of hydrogen-bond acceptors (Lipinski definition) is 2. The van der Waals surface area contributed by atoms with Crippen LogP contribution >= 0.6 is 0 Å². The van der Waals surface area contributed by atoms with Gasteiger partial charge in [-0.15, -0.1) is 0 Å². The van der Waals surface area contributed by atoms with Gasteiger partial charge in [-0.05, 0) is 44.1 Å². The van der Waals surface area contributed by atoms with Gasteiger partial charge in [0.15, 0.2) is 0 Å². The van der Waals surface area contributed by atoms with Crippen molar-refractivity contribution in [3.05, 3.63) is 0 Å². The second-order valence-corrected chi connectivity index (χ2v) is 7.08. The summed E-state index contributed by atoms with van der Waals surface area (Å²) in [6, 6.07) is 0. The topological polar surface area (TPSA) is 40.5 Å². The minimum atomic E-state index is -0.534. The summed E-state index contributed by atoms with van der Waals surface area (Å²) in [6.45, 7) is 2.98. The highest BCUT2D eigenvalue weighted by Gasteiger charge is 2.54. The normalized spacial score (nSPS) is 35.9. The molecule has 2 atom stereocenters. The Morgan fingerprint density at radius 1 is 1.21 bits per heavy atom. The molecule has 1 heterocycles. The fraction of sp³-hybridized carbons (Fsp3) is 0.938. The van der Waals surface area contributed by atoms with E-state index in [4.69, 9.17) is 0 Å². The van der Waals surface area contributed by atoms with Crippen LogP contribution in [0.5, 0.6) is 0 Å². The van der Waals surface area contributed by atoms with E-state index >= 15 is 0 Å². The van der Waals surface area contributed by atoms with Crippen LogP contribution in [0.3, 0.4) is 0 Å². The Balaban J connectivity index is 1.47. The van der Waals surface area contributed by atoms with Gasteiger partial charge >= 0.3 is 5.97 Å². The molecule has 0 radical (unpaired) electrons. The van der Waals surface area contributed by atoms with Gasteiger partial charge < -0.3 is 10.0 Å². The summed E-state index contributed by atoms with van der Waals surface area (Å²) >= 11 is 0. The maximum atomic E-state index is 11.6. The molecule has 1 saturated heterocycles. The average molecular weight is 265 g/mol. The van der Waals surface area contributed by atoms with E-state index in [0.29, 0.717) is 5.92 Å². The number of carbonyl (C=O) groups is 1. The minimum Gasteiger partial charge on any atom is -0.481 e. The largest absolute Gasteiger partial charge is 0.481 e. The molecule has 0 spiro atoms. The van der Waals surface area contributed by atoms with Crippen molar-refractivity contribution in [2.75, 3.05) is 19.6 Å². The summed E-state index contributed by atoms with van der Waals surface area (Å²) in [5.74, 6) is 0.861. The zero-order valence-corrected chi connectivity index (χ0v) is 11.9. The van der Waals surface area contributed by atoms with Crippen molar-refractivity contribution in [3.63, 3.8) is 0 Å². The third-order valence-electron chi connectivity index (χ3n) is 5.93. The molecule has 3 nitrogen and oxygen atoms in total. The number of likely N-dealkylation sites (tertiary alicyclic amines) is 1. The van der Waals surface area contributed by atoms with Gasteiger partial charge in [0.25, 0.3) is 0 Å². The van der Waals surface area contributed by atoms with E-state index in [1.165, 1.54) is 38.5 Å². The van der Waals surface area contributed by atoms with Gasteiger partial charge in [0.05, 0.1) is 5.41 Å². The molecule has 0 aromatic heterocycles. The molecule has 1 N–H and O–H groups in total.